The van der Waals surface area contributed by atoms with E-state index in [1.807, 2.05) is 6.07 Å². The third-order valence-electron chi connectivity index (χ3n) is 5.80. The van der Waals surface area contributed by atoms with Gasteiger partial charge in [0.1, 0.15) is 5.75 Å². The average Bonchev–Trinajstić information content (AvgIpc) is 2.71. The molecule has 5 heteroatoms. The Labute approximate surface area is 165 Å². The van der Waals surface area contributed by atoms with Crippen LogP contribution in [0.1, 0.15) is 35.4 Å². The van der Waals surface area contributed by atoms with Crippen molar-refractivity contribution in [3.8, 4) is 5.75 Å². The van der Waals surface area contributed by atoms with Crippen molar-refractivity contribution in [3.63, 3.8) is 0 Å². The number of methoxy groups -OCH3 is 1. The lowest BCUT2D eigenvalue weighted by atomic mass is 9.82. The lowest BCUT2D eigenvalue weighted by Crippen LogP contribution is -2.28. The van der Waals surface area contributed by atoms with Gasteiger partial charge in [0, 0.05) is 24.7 Å². The van der Waals surface area contributed by atoms with Crippen LogP contribution in [0.5, 0.6) is 5.75 Å². The Morgan fingerprint density at radius 3 is 3.04 bits per heavy atom. The van der Waals surface area contributed by atoms with Crippen LogP contribution in [0.15, 0.2) is 47.4 Å². The summed E-state index contributed by atoms with van der Waals surface area (Å²) in [6.45, 7) is 2.03. The molecule has 1 aliphatic rings. The maximum absolute atomic E-state index is 11.4. The zero-order valence-corrected chi connectivity index (χ0v) is 16.6. The van der Waals surface area contributed by atoms with E-state index in [1.54, 1.807) is 13.3 Å². The van der Waals surface area contributed by atoms with Crippen LogP contribution in [0.3, 0.4) is 0 Å². The van der Waals surface area contributed by atoms with Gasteiger partial charge >= 0.3 is 5.69 Å². The smallest absolute Gasteiger partial charge is 0.345 e. The molecule has 0 saturated carbocycles. The van der Waals surface area contributed by atoms with E-state index in [-0.39, 0.29) is 5.69 Å². The van der Waals surface area contributed by atoms with Crippen molar-refractivity contribution < 1.29 is 4.74 Å². The Morgan fingerprint density at radius 1 is 1.29 bits per heavy atom. The van der Waals surface area contributed by atoms with Crippen molar-refractivity contribution in [2.24, 2.45) is 0 Å². The summed E-state index contributed by atoms with van der Waals surface area (Å²) < 4.78 is 5.57. The number of aromatic amines is 1. The molecule has 2 aromatic carbocycles. The normalized spacial score (nSPS) is 16.3. The first-order valence-corrected chi connectivity index (χ1v) is 9.96. The Balaban J connectivity index is 1.42. The van der Waals surface area contributed by atoms with Crippen LogP contribution in [0.4, 0.5) is 0 Å². The number of H-pyrrole nitrogens is 1. The van der Waals surface area contributed by atoms with Gasteiger partial charge in [0.15, 0.2) is 0 Å². The highest BCUT2D eigenvalue weighted by Crippen LogP contribution is 2.36. The van der Waals surface area contributed by atoms with Crippen LogP contribution in [0.2, 0.25) is 0 Å². The van der Waals surface area contributed by atoms with Gasteiger partial charge in [-0.05, 0) is 67.5 Å². The molecule has 1 N–H and O–H groups in total. The van der Waals surface area contributed by atoms with E-state index in [9.17, 15) is 4.79 Å². The molecular weight excluding hydrogens is 350 g/mol. The van der Waals surface area contributed by atoms with Gasteiger partial charge in [-0.1, -0.05) is 24.3 Å². The minimum absolute atomic E-state index is 0.298. The van der Waals surface area contributed by atoms with Crippen LogP contribution in [-0.2, 0) is 12.8 Å². The topological polar surface area (TPSA) is 58.2 Å². The molecule has 5 nitrogen and oxygen atoms in total. The van der Waals surface area contributed by atoms with Crippen LogP contribution in [0.25, 0.3) is 10.9 Å². The number of ether oxygens (including phenoxy) is 1. The summed E-state index contributed by atoms with van der Waals surface area (Å²) in [4.78, 5) is 20.5. The fraction of sp³-hybridized carbons (Fsp3) is 0.391. The molecule has 0 aliphatic heterocycles. The Morgan fingerprint density at radius 2 is 2.18 bits per heavy atom. The van der Waals surface area contributed by atoms with Crippen LogP contribution in [0, 0.1) is 0 Å². The molecule has 1 aromatic heterocycles. The van der Waals surface area contributed by atoms with Crippen molar-refractivity contribution in [1.82, 2.24) is 14.9 Å². The molecule has 28 heavy (non-hydrogen) atoms. The predicted octanol–water partition coefficient (Wildman–Crippen LogP) is 3.53. The maximum Gasteiger partial charge on any atom is 0.345 e. The lowest BCUT2D eigenvalue weighted by molar-refractivity contribution is 0.299. The molecule has 0 radical (unpaired) electrons. The minimum atomic E-state index is -0.298. The lowest BCUT2D eigenvalue weighted by Gasteiger charge is -2.30. The quantitative estimate of drug-likeness (QED) is 0.714. The van der Waals surface area contributed by atoms with Crippen molar-refractivity contribution in [3.05, 3.63) is 69.8 Å². The minimum Gasteiger partial charge on any atom is -0.496 e. The van der Waals surface area contributed by atoms with Gasteiger partial charge in [0.05, 0.1) is 12.6 Å². The van der Waals surface area contributed by atoms with Gasteiger partial charge in [0.25, 0.3) is 0 Å². The zero-order chi connectivity index (χ0) is 19.5. The van der Waals surface area contributed by atoms with E-state index in [2.05, 4.69) is 52.2 Å². The van der Waals surface area contributed by atoms with Gasteiger partial charge in [-0.2, -0.15) is 0 Å². The summed E-state index contributed by atoms with van der Waals surface area (Å²) in [5, 5.41) is 0.962. The zero-order valence-electron chi connectivity index (χ0n) is 16.6. The Kier molecular flexibility index (Phi) is 5.44. The van der Waals surface area contributed by atoms with Crippen molar-refractivity contribution in [1.29, 1.82) is 0 Å². The number of likely N-dealkylation sites (N-methyl/N-ethyl adjacent to an activating group) is 1. The summed E-state index contributed by atoms with van der Waals surface area (Å²) in [5.74, 6) is 1.59. The monoisotopic (exact) mass is 377 g/mol. The summed E-state index contributed by atoms with van der Waals surface area (Å²) in [5.41, 5.74) is 4.63. The fourth-order valence-electron chi connectivity index (χ4n) is 4.34. The predicted molar refractivity (Wildman–Crippen MR) is 112 cm³/mol. The number of rotatable bonds is 6. The van der Waals surface area contributed by atoms with Crippen LogP contribution >= 0.6 is 0 Å². The van der Waals surface area contributed by atoms with E-state index in [0.29, 0.717) is 5.92 Å². The van der Waals surface area contributed by atoms with Gasteiger partial charge in [-0.15, -0.1) is 0 Å². The van der Waals surface area contributed by atoms with Gasteiger partial charge in [-0.3, -0.25) is 0 Å². The Hall–Kier alpha value is -2.66. The van der Waals surface area contributed by atoms with E-state index >= 15 is 0 Å². The number of fused-ring (bicyclic) bond motifs is 2. The summed E-state index contributed by atoms with van der Waals surface area (Å²) in [7, 11) is 3.96. The number of aromatic nitrogens is 2. The molecule has 0 fully saturated rings. The molecule has 1 atom stereocenters. The standard InChI is InChI=1S/C23H27N3O2/c1-26(12-11-16-9-10-17-14-24-23(27)25-21(17)13-16)15-18-5-3-7-20-19(18)6-4-8-22(20)28-2/h4,6,8-10,13-14,18H,3,5,7,11-12,15H2,1-2H3,(H,24,25,27). The van der Waals surface area contributed by atoms with Crippen molar-refractivity contribution in [2.45, 2.75) is 31.6 Å². The first-order chi connectivity index (χ1) is 13.6. The molecule has 0 amide bonds. The molecule has 1 heterocycles. The van der Waals surface area contributed by atoms with Crippen LogP contribution < -0.4 is 10.4 Å². The molecule has 1 aliphatic carbocycles. The Bertz CT molecular complexity index is 1030. The molecule has 0 spiro atoms. The van der Waals surface area contributed by atoms with E-state index in [4.69, 9.17) is 4.74 Å². The molecule has 3 aromatic rings. The largest absolute Gasteiger partial charge is 0.496 e. The summed E-state index contributed by atoms with van der Waals surface area (Å²) in [6, 6.07) is 12.7. The fourth-order valence-corrected chi connectivity index (χ4v) is 4.34. The van der Waals surface area contributed by atoms with Gasteiger partial charge < -0.3 is 14.6 Å². The number of nitrogens with zero attached hydrogens (tertiary/aromatic N) is 2. The van der Waals surface area contributed by atoms with E-state index in [1.165, 1.54) is 29.5 Å². The number of hydrogen-bond acceptors (Lipinski definition) is 4. The maximum atomic E-state index is 11.4. The molecule has 1 unspecified atom stereocenters. The van der Waals surface area contributed by atoms with E-state index < -0.39 is 0 Å². The van der Waals surface area contributed by atoms with Gasteiger partial charge in [0.2, 0.25) is 0 Å². The summed E-state index contributed by atoms with van der Waals surface area (Å²) in [6.07, 6.45) is 6.14. The third kappa shape index (κ3) is 3.94. The van der Waals surface area contributed by atoms with Crippen LogP contribution in [-0.4, -0.2) is 42.1 Å². The SMILES string of the molecule is COc1cccc2c1CCCC2CN(C)CCc1ccc2cnc(=O)[nH]c2c1. The van der Waals surface area contributed by atoms with Crippen molar-refractivity contribution >= 4 is 10.9 Å². The molecular formula is C23H27N3O2. The second-order valence-electron chi connectivity index (χ2n) is 7.74. The average molecular weight is 377 g/mol. The number of benzene rings is 2. The second kappa shape index (κ2) is 8.15. The highest BCUT2D eigenvalue weighted by molar-refractivity contribution is 5.77. The molecule has 4 rings (SSSR count). The third-order valence-corrected chi connectivity index (χ3v) is 5.80. The highest BCUT2D eigenvalue weighted by atomic mass is 16.5. The first-order valence-electron chi connectivity index (χ1n) is 9.96. The number of hydrogen-bond donors (Lipinski definition) is 1. The molecule has 146 valence electrons. The van der Waals surface area contributed by atoms with Gasteiger partial charge in [-0.25, -0.2) is 9.78 Å². The molecule has 0 saturated heterocycles. The van der Waals surface area contributed by atoms with Crippen molar-refractivity contribution in [2.75, 3.05) is 27.2 Å². The highest BCUT2D eigenvalue weighted by Gasteiger charge is 2.23. The van der Waals surface area contributed by atoms with E-state index in [0.717, 1.165) is 42.6 Å². The molecule has 0 bridgehead atoms. The second-order valence-corrected chi connectivity index (χ2v) is 7.74. The number of nitrogens with one attached hydrogen (secondary N) is 1. The first kappa shape index (κ1) is 18.7. The summed E-state index contributed by atoms with van der Waals surface area (Å²) >= 11 is 0.